The number of fused-ring (bicyclic) bond motifs is 3. The molecule has 5 rings (SSSR count). The summed E-state index contributed by atoms with van der Waals surface area (Å²) in [5.74, 6) is -0.407. The number of rotatable bonds is 7. The molecule has 0 aromatic rings. The van der Waals surface area contributed by atoms with E-state index < -0.39 is 23.4 Å². The van der Waals surface area contributed by atoms with Gasteiger partial charge >= 0.3 is 11.9 Å². The van der Waals surface area contributed by atoms with Gasteiger partial charge in [-0.3, -0.25) is 9.59 Å². The Morgan fingerprint density at radius 1 is 1.14 bits per heavy atom. The van der Waals surface area contributed by atoms with E-state index >= 15 is 0 Å². The van der Waals surface area contributed by atoms with Crippen LogP contribution in [0.4, 0.5) is 0 Å². The lowest BCUT2D eigenvalue weighted by atomic mass is 9.33. The van der Waals surface area contributed by atoms with Crippen molar-refractivity contribution in [2.45, 2.75) is 99.7 Å². The molecule has 7 nitrogen and oxygen atoms in total. The number of carbonyl (C=O) groups is 2. The van der Waals surface area contributed by atoms with Gasteiger partial charge in [-0.25, -0.2) is 0 Å². The number of carboxylic acids is 1. The van der Waals surface area contributed by atoms with E-state index in [1.54, 1.807) is 0 Å². The van der Waals surface area contributed by atoms with Crippen molar-refractivity contribution < 1.29 is 28.9 Å². The van der Waals surface area contributed by atoms with E-state index in [1.807, 2.05) is 0 Å². The predicted molar refractivity (Wildman–Crippen MR) is 162 cm³/mol. The molecular weight excluding hydrogens is 530 g/mol. The van der Waals surface area contributed by atoms with Crippen LogP contribution in [0.25, 0.3) is 0 Å². The summed E-state index contributed by atoms with van der Waals surface area (Å²) in [7, 11) is 0. The number of allylic oxidation sites excluding steroid dienone is 2. The Balaban J connectivity index is 1.65. The summed E-state index contributed by atoms with van der Waals surface area (Å²) in [6.07, 6.45) is 6.05. The first-order valence-electron chi connectivity index (χ1n) is 16.3. The number of hydrogen-bond donors (Lipinski definition) is 2. The molecule has 1 unspecified atom stereocenters. The molecule has 7 heteroatoms. The Morgan fingerprint density at radius 2 is 1.83 bits per heavy atom. The molecule has 4 aliphatic carbocycles. The van der Waals surface area contributed by atoms with Crippen LogP contribution in [0, 0.1) is 56.7 Å². The minimum Gasteiger partial charge on any atom is -0.481 e. The van der Waals surface area contributed by atoms with Crippen molar-refractivity contribution in [1.29, 1.82) is 0 Å². The highest BCUT2D eigenvalue weighted by Crippen LogP contribution is 2.75. The summed E-state index contributed by atoms with van der Waals surface area (Å²) in [6, 6.07) is 0. The van der Waals surface area contributed by atoms with E-state index in [4.69, 9.17) is 19.9 Å². The summed E-state index contributed by atoms with van der Waals surface area (Å²) >= 11 is 0. The third kappa shape index (κ3) is 4.08. The number of esters is 1. The molecule has 3 saturated carbocycles. The van der Waals surface area contributed by atoms with E-state index in [2.05, 4.69) is 61.1 Å². The van der Waals surface area contributed by atoms with Gasteiger partial charge in [0, 0.05) is 29.7 Å². The third-order valence-electron chi connectivity index (χ3n) is 13.9. The second-order valence-corrected chi connectivity index (χ2v) is 15.8. The van der Waals surface area contributed by atoms with Gasteiger partial charge in [-0.1, -0.05) is 66.7 Å². The van der Waals surface area contributed by atoms with Crippen molar-refractivity contribution in [2.24, 2.45) is 62.4 Å². The average Bonchev–Trinajstić information content (AvgIpc) is 2.89. The maximum atomic E-state index is 13.4. The lowest BCUT2D eigenvalue weighted by Gasteiger charge is -2.71. The third-order valence-corrected chi connectivity index (χ3v) is 13.9. The molecule has 42 heavy (non-hydrogen) atoms. The average molecular weight is 586 g/mol. The van der Waals surface area contributed by atoms with Crippen molar-refractivity contribution >= 4 is 11.9 Å². The van der Waals surface area contributed by atoms with Crippen LogP contribution in [0.5, 0.6) is 0 Å². The van der Waals surface area contributed by atoms with Crippen LogP contribution in [0.15, 0.2) is 23.8 Å². The smallest absolute Gasteiger partial charge is 0.307 e. The molecule has 2 bridgehead atoms. The highest BCUT2D eigenvalue weighted by atomic mass is 16.6. The Bertz CT molecular complexity index is 1160. The Labute approximate surface area is 253 Å². The first-order chi connectivity index (χ1) is 19.5. The summed E-state index contributed by atoms with van der Waals surface area (Å²) in [6.45, 7) is 23.8. The van der Waals surface area contributed by atoms with Crippen LogP contribution in [-0.2, 0) is 23.8 Å². The van der Waals surface area contributed by atoms with Crippen LogP contribution in [0.1, 0.15) is 87.5 Å². The lowest BCUT2D eigenvalue weighted by molar-refractivity contribution is -0.264. The monoisotopic (exact) mass is 585 g/mol. The Morgan fingerprint density at radius 3 is 2.43 bits per heavy atom. The minimum atomic E-state index is -0.704. The van der Waals surface area contributed by atoms with Gasteiger partial charge in [-0.2, -0.15) is 0 Å². The van der Waals surface area contributed by atoms with Crippen LogP contribution >= 0.6 is 0 Å². The minimum absolute atomic E-state index is 0.204. The van der Waals surface area contributed by atoms with E-state index in [0.717, 1.165) is 31.3 Å². The van der Waals surface area contributed by atoms with Crippen molar-refractivity contribution in [3.63, 3.8) is 0 Å². The molecule has 1 saturated heterocycles. The van der Waals surface area contributed by atoms with Gasteiger partial charge in [0.05, 0.1) is 25.7 Å². The molecule has 3 N–H and O–H groups in total. The van der Waals surface area contributed by atoms with Gasteiger partial charge < -0.3 is 25.1 Å². The van der Waals surface area contributed by atoms with Gasteiger partial charge in [0.15, 0.2) is 0 Å². The zero-order valence-corrected chi connectivity index (χ0v) is 27.3. The Hall–Kier alpha value is -1.70. The van der Waals surface area contributed by atoms with E-state index in [1.165, 1.54) is 12.5 Å². The summed E-state index contributed by atoms with van der Waals surface area (Å²) < 4.78 is 18.9. The van der Waals surface area contributed by atoms with E-state index in [-0.39, 0.29) is 45.6 Å². The maximum absolute atomic E-state index is 13.4. The van der Waals surface area contributed by atoms with E-state index in [0.29, 0.717) is 44.6 Å². The molecule has 1 heterocycles. The molecule has 11 atom stereocenters. The first kappa shape index (κ1) is 31.7. The number of hydrogen-bond acceptors (Lipinski definition) is 6. The molecule has 0 spiro atoms. The number of ether oxygens (including phenoxy) is 3. The molecule has 0 aromatic carbocycles. The summed E-state index contributed by atoms with van der Waals surface area (Å²) in [5, 5.41) is 11.0. The fourth-order valence-corrected chi connectivity index (χ4v) is 11.3. The number of nitrogens with two attached hydrogens (primary N) is 1. The molecule has 4 fully saturated rings. The van der Waals surface area contributed by atoms with Gasteiger partial charge in [0.2, 0.25) is 0 Å². The Kier molecular flexibility index (Phi) is 7.89. The fourth-order valence-electron chi connectivity index (χ4n) is 11.3. The molecular formula is C35H55NO6. The number of carbonyl (C=O) groups excluding carboxylic acids is 1. The number of carboxylic acid groups (broad SMARTS) is 1. The van der Waals surface area contributed by atoms with Crippen LogP contribution in [0.3, 0.4) is 0 Å². The van der Waals surface area contributed by atoms with E-state index in [9.17, 15) is 14.7 Å². The molecule has 0 amide bonds. The fraction of sp³-hybridized carbons (Fsp3) is 0.829. The zero-order valence-electron chi connectivity index (χ0n) is 27.3. The largest absolute Gasteiger partial charge is 0.481 e. The standard InChI is InChI=1S/C35H55NO6/c1-20(2)22(4)31(6)12-13-33(8)24-10-11-27-32(7)18-40-19-35(27,17-26(42-23(5)37)29(32)41-15-14-36)25(24)16-21(3)34(33,9)28(31)30(38)39/h16,20,22,24,26-29H,3,10-15,17-19,36H2,1-2,4-9H3,(H,38,39)/t22-,24+,26-,27+,28-,29+,31-,32+,33-,34+,35?/m1/s1. The van der Waals surface area contributed by atoms with Gasteiger partial charge in [0.1, 0.15) is 12.2 Å². The highest BCUT2D eigenvalue weighted by Gasteiger charge is 2.72. The van der Waals surface area contributed by atoms with Gasteiger partial charge in [0.25, 0.3) is 0 Å². The molecule has 1 aliphatic heterocycles. The van der Waals surface area contributed by atoms with Crippen LogP contribution in [-0.4, -0.2) is 55.6 Å². The zero-order chi connectivity index (χ0) is 31.0. The van der Waals surface area contributed by atoms with Crippen molar-refractivity contribution in [3.8, 4) is 0 Å². The molecule has 236 valence electrons. The second-order valence-electron chi connectivity index (χ2n) is 15.8. The predicted octanol–water partition coefficient (Wildman–Crippen LogP) is 6.02. The second kappa shape index (κ2) is 10.4. The van der Waals surface area contributed by atoms with Crippen molar-refractivity contribution in [3.05, 3.63) is 23.8 Å². The molecule has 5 aliphatic rings. The summed E-state index contributed by atoms with van der Waals surface area (Å²) in [4.78, 5) is 25.7. The van der Waals surface area contributed by atoms with Crippen LogP contribution < -0.4 is 5.73 Å². The summed E-state index contributed by atoms with van der Waals surface area (Å²) in [5.41, 5.74) is 6.24. The normalized spacial score (nSPS) is 47.0. The van der Waals surface area contributed by atoms with Gasteiger partial charge in [-0.15, -0.1) is 0 Å². The van der Waals surface area contributed by atoms with Crippen LogP contribution in [0.2, 0.25) is 0 Å². The molecule has 0 aromatic heterocycles. The highest BCUT2D eigenvalue weighted by molar-refractivity contribution is 5.74. The van der Waals surface area contributed by atoms with Crippen molar-refractivity contribution in [1.82, 2.24) is 0 Å². The SMILES string of the molecule is C=C1C=C2[C@H](CC[C@@H]3C24COC[C@]3(C)[C@@H](OCCN)[C@H](OC(C)=O)C4)[C@@]2(C)CC[C@](C)([C@H](C)C(C)C)[C@@H](C(=O)O)[C@]12C. The van der Waals surface area contributed by atoms with Crippen molar-refractivity contribution in [2.75, 3.05) is 26.4 Å². The topological polar surface area (TPSA) is 108 Å². The quantitative estimate of drug-likeness (QED) is 0.352. The maximum Gasteiger partial charge on any atom is 0.307 e. The molecule has 0 radical (unpaired) electrons. The number of aliphatic carboxylic acids is 1. The van der Waals surface area contributed by atoms with Gasteiger partial charge in [-0.05, 0) is 72.2 Å². The lowest BCUT2D eigenvalue weighted by Crippen LogP contribution is -2.70. The first-order valence-corrected chi connectivity index (χ1v) is 16.3.